The number of aliphatic carboxylic acids is 1. The van der Waals surface area contributed by atoms with Gasteiger partial charge in [0.2, 0.25) is 0 Å². The van der Waals surface area contributed by atoms with Gasteiger partial charge in [0, 0.05) is 0 Å². The second kappa shape index (κ2) is 3.01. The number of carbonyl (C=O) groups is 1. The summed E-state index contributed by atoms with van der Waals surface area (Å²) in [5.74, 6) is -0.958. The van der Waals surface area contributed by atoms with Gasteiger partial charge in [-0.15, -0.1) is 0 Å². The van der Waals surface area contributed by atoms with E-state index < -0.39 is 12.0 Å². The van der Waals surface area contributed by atoms with Crippen molar-refractivity contribution in [1.82, 2.24) is 9.78 Å². The van der Waals surface area contributed by atoms with Crippen LogP contribution >= 0.6 is 11.6 Å². The smallest absolute Gasteiger partial charge is 0.330 e. The topological polar surface area (TPSA) is 64.3 Å². The van der Waals surface area contributed by atoms with Crippen LogP contribution in [0.3, 0.4) is 0 Å². The summed E-state index contributed by atoms with van der Waals surface area (Å²) in [6, 6.07) is -0.753. The molecule has 0 radical (unpaired) electrons. The number of halogens is 1. The molecule has 0 saturated carbocycles. The number of carboxylic acid groups (broad SMARTS) is 1. The number of ether oxygens (including phenoxy) is 1. The summed E-state index contributed by atoms with van der Waals surface area (Å²) in [6.07, 6.45) is 1.43. The van der Waals surface area contributed by atoms with Crippen molar-refractivity contribution in [3.8, 4) is 0 Å². The van der Waals surface area contributed by atoms with Gasteiger partial charge < -0.3 is 9.84 Å². The van der Waals surface area contributed by atoms with Crippen LogP contribution in [-0.4, -0.2) is 27.5 Å². The van der Waals surface area contributed by atoms with E-state index in [2.05, 4.69) is 5.10 Å². The van der Waals surface area contributed by atoms with Crippen molar-refractivity contribution in [3.05, 3.63) is 16.9 Å². The molecular weight excluding hydrogens is 196 g/mol. The Kier molecular flexibility index (Phi) is 1.97. The minimum atomic E-state index is -0.958. The summed E-state index contributed by atoms with van der Waals surface area (Å²) in [6.45, 7) is 0.461. The summed E-state index contributed by atoms with van der Waals surface area (Å²) < 4.78 is 6.48. The largest absolute Gasteiger partial charge is 0.480 e. The summed E-state index contributed by atoms with van der Waals surface area (Å²) in [5, 5.41) is 13.1. The first kappa shape index (κ1) is 8.52. The van der Waals surface area contributed by atoms with Crippen molar-refractivity contribution in [3.63, 3.8) is 0 Å². The molecular formula is C7H7ClN2O3. The van der Waals surface area contributed by atoms with Gasteiger partial charge in [-0.2, -0.15) is 5.10 Å². The van der Waals surface area contributed by atoms with E-state index >= 15 is 0 Å². The number of carboxylic acids is 1. The van der Waals surface area contributed by atoms with Gasteiger partial charge in [-0.25, -0.2) is 9.48 Å². The Morgan fingerprint density at radius 3 is 3.31 bits per heavy atom. The highest BCUT2D eigenvalue weighted by molar-refractivity contribution is 6.31. The SMILES string of the molecule is O=C(O)C1COCc2c(Cl)cnn21. The van der Waals surface area contributed by atoms with Gasteiger partial charge in [0.1, 0.15) is 0 Å². The first-order valence-electron chi connectivity index (χ1n) is 3.72. The minimum Gasteiger partial charge on any atom is -0.480 e. The van der Waals surface area contributed by atoms with E-state index in [1.807, 2.05) is 0 Å². The van der Waals surface area contributed by atoms with Crippen molar-refractivity contribution < 1.29 is 14.6 Å². The van der Waals surface area contributed by atoms with Crippen LogP contribution in [0, 0.1) is 0 Å². The molecule has 5 nitrogen and oxygen atoms in total. The van der Waals surface area contributed by atoms with Gasteiger partial charge in [-0.1, -0.05) is 11.6 Å². The van der Waals surface area contributed by atoms with Crippen LogP contribution in [0.5, 0.6) is 0 Å². The molecule has 1 aromatic rings. The van der Waals surface area contributed by atoms with Gasteiger partial charge in [0.25, 0.3) is 0 Å². The fraction of sp³-hybridized carbons (Fsp3) is 0.429. The van der Waals surface area contributed by atoms with Crippen LogP contribution in [0.2, 0.25) is 5.02 Å². The minimum absolute atomic E-state index is 0.139. The highest BCUT2D eigenvalue weighted by Crippen LogP contribution is 2.24. The molecule has 0 aliphatic carbocycles. The molecule has 2 heterocycles. The molecule has 0 aromatic carbocycles. The Bertz CT molecular complexity index is 350. The number of hydrogen-bond acceptors (Lipinski definition) is 3. The number of nitrogens with zero attached hydrogens (tertiary/aromatic N) is 2. The van der Waals surface area contributed by atoms with Crippen LogP contribution in [0.25, 0.3) is 0 Å². The highest BCUT2D eigenvalue weighted by atomic mass is 35.5. The molecule has 1 N–H and O–H groups in total. The van der Waals surface area contributed by atoms with E-state index in [-0.39, 0.29) is 6.61 Å². The van der Waals surface area contributed by atoms with Gasteiger partial charge >= 0.3 is 5.97 Å². The highest BCUT2D eigenvalue weighted by Gasteiger charge is 2.28. The van der Waals surface area contributed by atoms with Crippen LogP contribution in [-0.2, 0) is 16.1 Å². The lowest BCUT2D eigenvalue weighted by atomic mass is 10.2. The Morgan fingerprint density at radius 1 is 1.85 bits per heavy atom. The normalized spacial score (nSPS) is 21.2. The van der Waals surface area contributed by atoms with E-state index in [1.54, 1.807) is 0 Å². The van der Waals surface area contributed by atoms with Gasteiger partial charge in [-0.05, 0) is 0 Å². The zero-order valence-corrected chi connectivity index (χ0v) is 7.36. The third-order valence-corrected chi connectivity index (χ3v) is 2.26. The number of rotatable bonds is 1. The van der Waals surface area contributed by atoms with E-state index in [0.717, 1.165) is 0 Å². The average molecular weight is 203 g/mol. The monoisotopic (exact) mass is 202 g/mol. The molecule has 1 unspecified atom stereocenters. The summed E-state index contributed by atoms with van der Waals surface area (Å²) in [5.41, 5.74) is 0.625. The number of fused-ring (bicyclic) bond motifs is 1. The van der Waals surface area contributed by atoms with Gasteiger partial charge in [0.15, 0.2) is 6.04 Å². The predicted octanol–water partition coefficient (Wildman–Crippen LogP) is 0.692. The predicted molar refractivity (Wildman–Crippen MR) is 43.6 cm³/mol. The lowest BCUT2D eigenvalue weighted by Gasteiger charge is -2.21. The van der Waals surface area contributed by atoms with Crippen LogP contribution in [0.4, 0.5) is 0 Å². The molecule has 0 bridgehead atoms. The zero-order valence-electron chi connectivity index (χ0n) is 6.61. The maximum absolute atomic E-state index is 10.7. The Labute approximate surface area is 78.9 Å². The summed E-state index contributed by atoms with van der Waals surface area (Å²) in [4.78, 5) is 10.7. The van der Waals surface area contributed by atoms with Crippen molar-refractivity contribution >= 4 is 17.6 Å². The molecule has 70 valence electrons. The summed E-state index contributed by atoms with van der Waals surface area (Å²) >= 11 is 5.77. The zero-order chi connectivity index (χ0) is 9.42. The molecule has 1 aliphatic heterocycles. The average Bonchev–Trinajstić information content (AvgIpc) is 2.48. The molecule has 0 spiro atoms. The standard InChI is InChI=1S/C7H7ClN2O3/c8-4-1-9-10-5(4)2-13-3-6(10)7(11)12/h1,6H,2-3H2,(H,11,12). The van der Waals surface area contributed by atoms with Gasteiger partial charge in [-0.3, -0.25) is 0 Å². The Balaban J connectivity index is 2.43. The van der Waals surface area contributed by atoms with Crippen molar-refractivity contribution in [2.75, 3.05) is 6.61 Å². The van der Waals surface area contributed by atoms with E-state index in [0.29, 0.717) is 17.3 Å². The van der Waals surface area contributed by atoms with Crippen LogP contribution < -0.4 is 0 Å². The van der Waals surface area contributed by atoms with Gasteiger partial charge in [0.05, 0.1) is 30.1 Å². The van der Waals surface area contributed by atoms with E-state index in [4.69, 9.17) is 21.4 Å². The molecule has 0 saturated heterocycles. The summed E-state index contributed by atoms with van der Waals surface area (Å²) in [7, 11) is 0. The van der Waals surface area contributed by atoms with Crippen LogP contribution in [0.15, 0.2) is 6.20 Å². The lowest BCUT2D eigenvalue weighted by Crippen LogP contribution is -2.30. The Morgan fingerprint density at radius 2 is 2.62 bits per heavy atom. The van der Waals surface area contributed by atoms with Crippen molar-refractivity contribution in [2.45, 2.75) is 12.6 Å². The third-order valence-electron chi connectivity index (χ3n) is 1.94. The molecule has 1 aliphatic rings. The molecule has 1 aromatic heterocycles. The second-order valence-electron chi connectivity index (χ2n) is 2.75. The molecule has 0 amide bonds. The Hall–Kier alpha value is -1.07. The lowest BCUT2D eigenvalue weighted by molar-refractivity contribution is -0.144. The maximum Gasteiger partial charge on any atom is 0.330 e. The van der Waals surface area contributed by atoms with E-state index in [9.17, 15) is 4.79 Å². The second-order valence-corrected chi connectivity index (χ2v) is 3.16. The quantitative estimate of drug-likeness (QED) is 0.728. The molecule has 1 atom stereocenters. The number of hydrogen-bond donors (Lipinski definition) is 1. The molecule has 2 rings (SSSR count). The molecule has 6 heteroatoms. The number of aromatic nitrogens is 2. The fourth-order valence-corrected chi connectivity index (χ4v) is 1.47. The van der Waals surface area contributed by atoms with Crippen molar-refractivity contribution in [2.24, 2.45) is 0 Å². The molecule has 13 heavy (non-hydrogen) atoms. The molecule has 0 fully saturated rings. The first-order chi connectivity index (χ1) is 6.20. The third kappa shape index (κ3) is 1.30. The van der Waals surface area contributed by atoms with E-state index in [1.165, 1.54) is 10.9 Å². The first-order valence-corrected chi connectivity index (χ1v) is 4.10. The fourth-order valence-electron chi connectivity index (χ4n) is 1.28. The van der Waals surface area contributed by atoms with Crippen molar-refractivity contribution in [1.29, 1.82) is 0 Å². The maximum atomic E-state index is 10.7. The van der Waals surface area contributed by atoms with Crippen LogP contribution in [0.1, 0.15) is 11.7 Å².